The van der Waals surface area contributed by atoms with E-state index in [-0.39, 0.29) is 5.91 Å². The molecule has 1 heterocycles. The molecule has 0 saturated carbocycles. The van der Waals surface area contributed by atoms with Gasteiger partial charge in [0.25, 0.3) is 0 Å². The maximum Gasteiger partial charge on any atom is 0.234 e. The number of nitrogens with one attached hydrogen (secondary N) is 1. The molecule has 3 rings (SSSR count). The summed E-state index contributed by atoms with van der Waals surface area (Å²) in [6, 6.07) is 13.9. The summed E-state index contributed by atoms with van der Waals surface area (Å²) >= 11 is 1.42. The molecule has 2 aromatic carbocycles. The summed E-state index contributed by atoms with van der Waals surface area (Å²) in [7, 11) is 0. The van der Waals surface area contributed by atoms with E-state index in [1.807, 2.05) is 49.4 Å². The molecule has 0 unspecified atom stereocenters. The van der Waals surface area contributed by atoms with Gasteiger partial charge in [0.2, 0.25) is 5.91 Å². The molecule has 0 saturated heterocycles. The van der Waals surface area contributed by atoms with Crippen LogP contribution >= 0.6 is 11.8 Å². The molecule has 0 aliphatic heterocycles. The Morgan fingerprint density at radius 2 is 1.96 bits per heavy atom. The third-order valence-corrected chi connectivity index (χ3v) is 4.71. The van der Waals surface area contributed by atoms with Crippen LogP contribution in [0.3, 0.4) is 0 Å². The molecule has 24 heavy (non-hydrogen) atoms. The molecule has 6 heteroatoms. The van der Waals surface area contributed by atoms with Gasteiger partial charge in [0.15, 0.2) is 5.16 Å². The highest BCUT2D eigenvalue weighted by Gasteiger charge is 2.12. The quantitative estimate of drug-likeness (QED) is 0.692. The standard InChI is InChI=1S/C18H20N4OS/c1-3-11-22-13(2)20-21-18(22)24-12-17(23)19-16-10-6-8-14-7-4-5-9-15(14)16/h4-10H,3,11-12H2,1-2H3,(H,19,23). The number of benzene rings is 2. The van der Waals surface area contributed by atoms with Crippen LogP contribution in [0.25, 0.3) is 10.8 Å². The van der Waals surface area contributed by atoms with Crippen molar-refractivity contribution in [2.24, 2.45) is 0 Å². The molecule has 0 fully saturated rings. The normalized spacial score (nSPS) is 10.9. The minimum Gasteiger partial charge on any atom is -0.325 e. The summed E-state index contributed by atoms with van der Waals surface area (Å²) in [6.07, 6.45) is 1.01. The van der Waals surface area contributed by atoms with E-state index in [4.69, 9.17) is 0 Å². The number of amides is 1. The first kappa shape index (κ1) is 16.5. The summed E-state index contributed by atoms with van der Waals surface area (Å²) in [5.41, 5.74) is 0.838. The van der Waals surface area contributed by atoms with Crippen molar-refractivity contribution in [1.29, 1.82) is 0 Å². The predicted octanol–water partition coefficient (Wildman–Crippen LogP) is 3.88. The van der Waals surface area contributed by atoms with Crippen LogP contribution in [0.2, 0.25) is 0 Å². The second-order valence-electron chi connectivity index (χ2n) is 5.54. The molecular weight excluding hydrogens is 320 g/mol. The largest absolute Gasteiger partial charge is 0.325 e. The number of carbonyl (C=O) groups excluding carboxylic acids is 1. The predicted molar refractivity (Wildman–Crippen MR) is 98.4 cm³/mol. The summed E-state index contributed by atoms with van der Waals surface area (Å²) in [6.45, 7) is 4.91. The molecule has 0 spiro atoms. The lowest BCUT2D eigenvalue weighted by molar-refractivity contribution is -0.113. The van der Waals surface area contributed by atoms with Gasteiger partial charge in [-0.25, -0.2) is 0 Å². The second kappa shape index (κ2) is 7.49. The fourth-order valence-electron chi connectivity index (χ4n) is 2.60. The number of aromatic nitrogens is 3. The zero-order valence-electron chi connectivity index (χ0n) is 13.8. The van der Waals surface area contributed by atoms with Crippen LogP contribution in [-0.4, -0.2) is 26.4 Å². The van der Waals surface area contributed by atoms with Gasteiger partial charge in [-0.3, -0.25) is 4.79 Å². The average molecular weight is 340 g/mol. The van der Waals surface area contributed by atoms with Crippen LogP contribution in [0.4, 0.5) is 5.69 Å². The minimum atomic E-state index is -0.0416. The Labute approximate surface area is 145 Å². The number of aryl methyl sites for hydroxylation is 1. The fraction of sp³-hybridized carbons (Fsp3) is 0.278. The van der Waals surface area contributed by atoms with Crippen molar-refractivity contribution in [2.75, 3.05) is 11.1 Å². The molecule has 5 nitrogen and oxygen atoms in total. The number of nitrogens with zero attached hydrogens (tertiary/aromatic N) is 3. The minimum absolute atomic E-state index is 0.0416. The molecule has 0 atom stereocenters. The summed E-state index contributed by atoms with van der Waals surface area (Å²) in [5, 5.41) is 14.2. The molecule has 1 aromatic heterocycles. The maximum atomic E-state index is 12.3. The zero-order valence-corrected chi connectivity index (χ0v) is 14.6. The van der Waals surface area contributed by atoms with Crippen molar-refractivity contribution in [3.8, 4) is 0 Å². The molecule has 124 valence electrons. The number of anilines is 1. The van der Waals surface area contributed by atoms with Gasteiger partial charge < -0.3 is 9.88 Å². The van der Waals surface area contributed by atoms with Gasteiger partial charge in [0.05, 0.1) is 5.75 Å². The van der Waals surface area contributed by atoms with E-state index in [1.54, 1.807) is 0 Å². The van der Waals surface area contributed by atoms with E-state index in [9.17, 15) is 4.79 Å². The van der Waals surface area contributed by atoms with Crippen LogP contribution in [0.1, 0.15) is 19.2 Å². The van der Waals surface area contributed by atoms with Crippen molar-refractivity contribution in [2.45, 2.75) is 32.0 Å². The van der Waals surface area contributed by atoms with E-state index >= 15 is 0 Å². The Balaban J connectivity index is 1.68. The van der Waals surface area contributed by atoms with Gasteiger partial charge >= 0.3 is 0 Å². The summed E-state index contributed by atoms with van der Waals surface area (Å²) < 4.78 is 2.05. The number of carbonyl (C=O) groups is 1. The van der Waals surface area contributed by atoms with Crippen LogP contribution in [0.5, 0.6) is 0 Å². The highest BCUT2D eigenvalue weighted by Crippen LogP contribution is 2.24. The monoisotopic (exact) mass is 340 g/mol. The Kier molecular flexibility index (Phi) is 5.15. The Morgan fingerprint density at radius 1 is 1.17 bits per heavy atom. The van der Waals surface area contributed by atoms with E-state index in [0.29, 0.717) is 5.75 Å². The third-order valence-electron chi connectivity index (χ3n) is 3.75. The van der Waals surface area contributed by atoms with E-state index in [2.05, 4.69) is 27.0 Å². The van der Waals surface area contributed by atoms with E-state index < -0.39 is 0 Å². The Hall–Kier alpha value is -2.34. The lowest BCUT2D eigenvalue weighted by Gasteiger charge is -2.09. The molecule has 0 bridgehead atoms. The molecule has 0 aliphatic carbocycles. The first-order chi connectivity index (χ1) is 11.7. The second-order valence-corrected chi connectivity index (χ2v) is 6.49. The summed E-state index contributed by atoms with van der Waals surface area (Å²) in [4.78, 5) is 12.3. The van der Waals surface area contributed by atoms with Gasteiger partial charge in [0.1, 0.15) is 5.82 Å². The van der Waals surface area contributed by atoms with E-state index in [1.165, 1.54) is 11.8 Å². The smallest absolute Gasteiger partial charge is 0.234 e. The Bertz CT molecular complexity index is 854. The molecule has 3 aromatic rings. The van der Waals surface area contributed by atoms with Gasteiger partial charge in [-0.15, -0.1) is 10.2 Å². The van der Waals surface area contributed by atoms with Crippen LogP contribution in [-0.2, 0) is 11.3 Å². The lowest BCUT2D eigenvalue weighted by Crippen LogP contribution is -2.15. The molecule has 1 N–H and O–H groups in total. The van der Waals surface area contributed by atoms with Crippen LogP contribution in [0.15, 0.2) is 47.6 Å². The highest BCUT2D eigenvalue weighted by molar-refractivity contribution is 7.99. The number of hydrogen-bond acceptors (Lipinski definition) is 4. The van der Waals surface area contributed by atoms with Gasteiger partial charge in [-0.2, -0.15) is 0 Å². The molecule has 0 aliphatic rings. The van der Waals surface area contributed by atoms with Crippen molar-refractivity contribution < 1.29 is 4.79 Å². The lowest BCUT2D eigenvalue weighted by atomic mass is 10.1. The molecule has 1 amide bonds. The third kappa shape index (κ3) is 3.59. The van der Waals surface area contributed by atoms with Gasteiger partial charge in [-0.1, -0.05) is 55.1 Å². The SMILES string of the molecule is CCCn1c(C)nnc1SCC(=O)Nc1cccc2ccccc12. The maximum absolute atomic E-state index is 12.3. The highest BCUT2D eigenvalue weighted by atomic mass is 32.2. The topological polar surface area (TPSA) is 59.8 Å². The number of hydrogen-bond donors (Lipinski definition) is 1. The van der Waals surface area contributed by atoms with Crippen molar-refractivity contribution >= 4 is 34.1 Å². The zero-order chi connectivity index (χ0) is 16.9. The van der Waals surface area contributed by atoms with Crippen molar-refractivity contribution in [1.82, 2.24) is 14.8 Å². The van der Waals surface area contributed by atoms with Gasteiger partial charge in [-0.05, 0) is 24.8 Å². The van der Waals surface area contributed by atoms with Crippen molar-refractivity contribution in [3.63, 3.8) is 0 Å². The van der Waals surface area contributed by atoms with Gasteiger partial charge in [0, 0.05) is 17.6 Å². The summed E-state index contributed by atoms with van der Waals surface area (Å²) in [5.74, 6) is 1.15. The number of thioether (sulfide) groups is 1. The fourth-order valence-corrected chi connectivity index (χ4v) is 3.41. The number of fused-ring (bicyclic) bond motifs is 1. The number of rotatable bonds is 6. The van der Waals surface area contributed by atoms with Crippen LogP contribution < -0.4 is 5.32 Å². The average Bonchev–Trinajstić information content (AvgIpc) is 2.94. The Morgan fingerprint density at radius 3 is 2.79 bits per heavy atom. The molecular formula is C18H20N4OS. The van der Waals surface area contributed by atoms with Crippen LogP contribution in [0, 0.1) is 6.92 Å². The molecule has 0 radical (unpaired) electrons. The van der Waals surface area contributed by atoms with E-state index in [0.717, 1.165) is 40.4 Å². The first-order valence-corrected chi connectivity index (χ1v) is 8.98. The first-order valence-electron chi connectivity index (χ1n) is 7.99. The van der Waals surface area contributed by atoms with Crippen molar-refractivity contribution in [3.05, 3.63) is 48.3 Å².